The van der Waals surface area contributed by atoms with Crippen LogP contribution in [0, 0.1) is 0 Å². The van der Waals surface area contributed by atoms with Gasteiger partial charge in [-0.3, -0.25) is 14.2 Å². The molecule has 162 valence electrons. The summed E-state index contributed by atoms with van der Waals surface area (Å²) in [4.78, 5) is 30.5. The molecule has 0 aliphatic carbocycles. The molecule has 2 atom stereocenters. The van der Waals surface area contributed by atoms with Crippen LogP contribution in [0.25, 0.3) is 0 Å². The van der Waals surface area contributed by atoms with E-state index < -0.39 is 29.2 Å². The highest BCUT2D eigenvalue weighted by molar-refractivity contribution is 5.90. The normalized spacial score (nSPS) is 18.8. The molecule has 1 fully saturated rings. The van der Waals surface area contributed by atoms with Crippen LogP contribution in [-0.4, -0.2) is 46.6 Å². The monoisotopic (exact) mass is 424 g/mol. The Morgan fingerprint density at radius 3 is 2.53 bits per heavy atom. The standard InChI is InChI=1S/C20H23F3N4O3/c1-12(13-5-7-14(8-6-13)20(21,22)23)27-17(28)10-16(18(24)29)25-19(27)30-15-4-3-9-26(2)11-15/h5-8,10,12,15H,3-4,9,11H2,1-2H3,(H2,24,29). The number of likely N-dealkylation sites (tertiary alicyclic amines) is 1. The summed E-state index contributed by atoms with van der Waals surface area (Å²) >= 11 is 0. The van der Waals surface area contributed by atoms with Crippen LogP contribution < -0.4 is 16.0 Å². The lowest BCUT2D eigenvalue weighted by Crippen LogP contribution is -2.40. The number of halogens is 3. The number of piperidine rings is 1. The van der Waals surface area contributed by atoms with Gasteiger partial charge < -0.3 is 15.4 Å². The van der Waals surface area contributed by atoms with Gasteiger partial charge in [-0.05, 0) is 51.1 Å². The maximum atomic E-state index is 12.9. The maximum Gasteiger partial charge on any atom is 0.416 e. The molecular weight excluding hydrogens is 401 g/mol. The predicted molar refractivity (Wildman–Crippen MR) is 103 cm³/mol. The molecule has 1 aromatic carbocycles. The predicted octanol–water partition coefficient (Wildman–Crippen LogP) is 2.44. The van der Waals surface area contributed by atoms with Crippen LogP contribution in [0.1, 0.15) is 47.4 Å². The molecule has 10 heteroatoms. The zero-order valence-electron chi connectivity index (χ0n) is 16.6. The number of carbonyl (C=O) groups excluding carboxylic acids is 1. The number of carbonyl (C=O) groups is 1. The molecule has 0 spiro atoms. The highest BCUT2D eigenvalue weighted by Gasteiger charge is 2.30. The average molecular weight is 424 g/mol. The first-order valence-electron chi connectivity index (χ1n) is 9.52. The lowest BCUT2D eigenvalue weighted by Gasteiger charge is -2.30. The number of nitrogens with zero attached hydrogens (tertiary/aromatic N) is 3. The van der Waals surface area contributed by atoms with Crippen molar-refractivity contribution < 1.29 is 22.7 Å². The van der Waals surface area contributed by atoms with Crippen molar-refractivity contribution in [3.63, 3.8) is 0 Å². The molecule has 2 heterocycles. The van der Waals surface area contributed by atoms with Crippen molar-refractivity contribution in [3.05, 3.63) is 57.5 Å². The first kappa shape index (κ1) is 21.8. The number of primary amides is 1. The number of amides is 1. The third kappa shape index (κ3) is 4.81. The summed E-state index contributed by atoms with van der Waals surface area (Å²) in [6.45, 7) is 3.18. The number of alkyl halides is 3. The van der Waals surface area contributed by atoms with E-state index in [1.807, 2.05) is 7.05 Å². The van der Waals surface area contributed by atoms with Crippen LogP contribution in [0.15, 0.2) is 35.1 Å². The van der Waals surface area contributed by atoms with Gasteiger partial charge in [0.1, 0.15) is 11.8 Å². The van der Waals surface area contributed by atoms with E-state index in [-0.39, 0.29) is 17.8 Å². The number of benzene rings is 1. The zero-order chi connectivity index (χ0) is 22.1. The molecule has 3 rings (SSSR count). The van der Waals surface area contributed by atoms with Crippen LogP contribution in [0.4, 0.5) is 13.2 Å². The van der Waals surface area contributed by atoms with Gasteiger partial charge in [-0.15, -0.1) is 0 Å². The van der Waals surface area contributed by atoms with E-state index in [2.05, 4.69) is 9.88 Å². The van der Waals surface area contributed by atoms with Gasteiger partial charge in [-0.2, -0.15) is 18.2 Å². The molecule has 0 radical (unpaired) electrons. The van der Waals surface area contributed by atoms with Gasteiger partial charge in [0, 0.05) is 12.6 Å². The molecular formula is C20H23F3N4O3. The van der Waals surface area contributed by atoms with Gasteiger partial charge >= 0.3 is 12.2 Å². The van der Waals surface area contributed by atoms with Crippen molar-refractivity contribution in [2.24, 2.45) is 5.73 Å². The minimum Gasteiger partial charge on any atom is -0.460 e. The van der Waals surface area contributed by atoms with Crippen molar-refractivity contribution in [3.8, 4) is 6.01 Å². The lowest BCUT2D eigenvalue weighted by molar-refractivity contribution is -0.137. The minimum absolute atomic E-state index is 0.0796. The van der Waals surface area contributed by atoms with Crippen molar-refractivity contribution in [1.82, 2.24) is 14.5 Å². The van der Waals surface area contributed by atoms with E-state index in [0.717, 1.165) is 37.6 Å². The topological polar surface area (TPSA) is 90.4 Å². The van der Waals surface area contributed by atoms with Crippen molar-refractivity contribution in [1.29, 1.82) is 0 Å². The fourth-order valence-electron chi connectivity index (χ4n) is 3.50. The van der Waals surface area contributed by atoms with Crippen LogP contribution >= 0.6 is 0 Å². The first-order chi connectivity index (χ1) is 14.1. The van der Waals surface area contributed by atoms with Crippen molar-refractivity contribution in [2.75, 3.05) is 20.1 Å². The molecule has 2 unspecified atom stereocenters. The third-order valence-electron chi connectivity index (χ3n) is 5.13. The van der Waals surface area contributed by atoms with Gasteiger partial charge in [0.15, 0.2) is 0 Å². The van der Waals surface area contributed by atoms with Gasteiger partial charge in [0.05, 0.1) is 11.6 Å². The summed E-state index contributed by atoms with van der Waals surface area (Å²) in [6, 6.07) is 4.77. The van der Waals surface area contributed by atoms with Gasteiger partial charge in [0.25, 0.3) is 11.5 Å². The van der Waals surface area contributed by atoms with Crippen molar-refractivity contribution in [2.45, 2.75) is 38.1 Å². The van der Waals surface area contributed by atoms with Gasteiger partial charge in [0.2, 0.25) is 0 Å². The molecule has 2 N–H and O–H groups in total. The second kappa shape index (κ2) is 8.47. The second-order valence-corrected chi connectivity index (χ2v) is 7.44. The molecule has 1 saturated heterocycles. The van der Waals surface area contributed by atoms with E-state index >= 15 is 0 Å². The molecule has 0 saturated carbocycles. The minimum atomic E-state index is -4.45. The largest absolute Gasteiger partial charge is 0.460 e. The van der Waals surface area contributed by atoms with E-state index in [9.17, 15) is 22.8 Å². The maximum absolute atomic E-state index is 12.9. The van der Waals surface area contributed by atoms with Gasteiger partial charge in [-0.25, -0.2) is 0 Å². The number of aromatic nitrogens is 2. The quantitative estimate of drug-likeness (QED) is 0.796. The Balaban J connectivity index is 1.99. The highest BCUT2D eigenvalue weighted by Crippen LogP contribution is 2.31. The summed E-state index contributed by atoms with van der Waals surface area (Å²) in [5.41, 5.74) is 4.16. The Morgan fingerprint density at radius 2 is 1.97 bits per heavy atom. The lowest BCUT2D eigenvalue weighted by atomic mass is 10.1. The molecule has 7 nitrogen and oxygen atoms in total. The molecule has 1 aliphatic rings. The smallest absolute Gasteiger partial charge is 0.416 e. The number of ether oxygens (including phenoxy) is 1. The van der Waals surface area contributed by atoms with E-state index in [1.165, 1.54) is 16.7 Å². The van der Waals surface area contributed by atoms with E-state index in [4.69, 9.17) is 10.5 Å². The molecule has 2 aromatic rings. The summed E-state index contributed by atoms with van der Waals surface area (Å²) in [5.74, 6) is -0.868. The second-order valence-electron chi connectivity index (χ2n) is 7.44. The molecule has 30 heavy (non-hydrogen) atoms. The van der Waals surface area contributed by atoms with Crippen LogP contribution in [-0.2, 0) is 6.18 Å². The van der Waals surface area contributed by atoms with E-state index in [0.29, 0.717) is 12.1 Å². The summed E-state index contributed by atoms with van der Waals surface area (Å²) in [5, 5.41) is 0. The fraction of sp³-hybridized carbons (Fsp3) is 0.450. The highest BCUT2D eigenvalue weighted by atomic mass is 19.4. The molecule has 1 aromatic heterocycles. The number of nitrogens with two attached hydrogens (primary N) is 1. The molecule has 0 bridgehead atoms. The Bertz CT molecular complexity index is 973. The van der Waals surface area contributed by atoms with Crippen LogP contribution in [0.5, 0.6) is 6.01 Å². The zero-order valence-corrected chi connectivity index (χ0v) is 16.6. The molecule has 1 amide bonds. The first-order valence-corrected chi connectivity index (χ1v) is 9.52. The number of hydrogen-bond donors (Lipinski definition) is 1. The number of rotatable bonds is 5. The fourth-order valence-corrected chi connectivity index (χ4v) is 3.50. The SMILES string of the molecule is CC(c1ccc(C(F)(F)F)cc1)n1c(OC2CCCN(C)C2)nc(C(N)=O)cc1=O. The number of hydrogen-bond acceptors (Lipinski definition) is 5. The Hall–Kier alpha value is -2.88. The number of likely N-dealkylation sites (N-methyl/N-ethyl adjacent to an activating group) is 1. The Morgan fingerprint density at radius 1 is 1.30 bits per heavy atom. The van der Waals surface area contributed by atoms with Crippen molar-refractivity contribution >= 4 is 5.91 Å². The summed E-state index contributed by atoms with van der Waals surface area (Å²) in [6.07, 6.45) is -3.06. The van der Waals surface area contributed by atoms with Crippen LogP contribution in [0.2, 0.25) is 0 Å². The third-order valence-corrected chi connectivity index (χ3v) is 5.13. The van der Waals surface area contributed by atoms with Crippen LogP contribution in [0.3, 0.4) is 0 Å². The average Bonchev–Trinajstić information content (AvgIpc) is 2.66. The Labute approximate surface area is 171 Å². The van der Waals surface area contributed by atoms with Gasteiger partial charge in [-0.1, -0.05) is 12.1 Å². The Kier molecular flexibility index (Phi) is 6.16. The summed E-state index contributed by atoms with van der Waals surface area (Å²) < 4.78 is 45.8. The van der Waals surface area contributed by atoms with E-state index in [1.54, 1.807) is 6.92 Å². The summed E-state index contributed by atoms with van der Waals surface area (Å²) in [7, 11) is 1.95. The molecule has 1 aliphatic heterocycles.